The summed E-state index contributed by atoms with van der Waals surface area (Å²) >= 11 is 0. The summed E-state index contributed by atoms with van der Waals surface area (Å²) in [4.78, 5) is 12.5. The highest BCUT2D eigenvalue weighted by molar-refractivity contribution is 6.99. The summed E-state index contributed by atoms with van der Waals surface area (Å²) in [6.07, 6.45) is 8.28. The smallest absolute Gasteiger partial charge is 0.334 e. The first-order valence-electron chi connectivity index (χ1n) is 12.1. The van der Waals surface area contributed by atoms with E-state index in [1.807, 2.05) is 19.1 Å². The van der Waals surface area contributed by atoms with Crippen LogP contribution in [0.1, 0.15) is 59.8 Å². The molecule has 3 nitrogen and oxygen atoms in total. The first kappa shape index (κ1) is 25.2. The summed E-state index contributed by atoms with van der Waals surface area (Å²) < 4.78 is 12.8. The van der Waals surface area contributed by atoms with E-state index < -0.39 is 8.32 Å². The number of rotatable bonds is 11. The molecule has 4 heteroatoms. The molecular formula is C29H38O3Si. The number of esters is 1. The Labute approximate surface area is 200 Å². The third-order valence-electron chi connectivity index (χ3n) is 6.38. The van der Waals surface area contributed by atoms with Gasteiger partial charge in [0.1, 0.15) is 6.10 Å². The van der Waals surface area contributed by atoms with Crippen LogP contribution in [0.5, 0.6) is 0 Å². The van der Waals surface area contributed by atoms with Crippen molar-refractivity contribution in [3.05, 3.63) is 85.0 Å². The molecule has 0 saturated carbocycles. The van der Waals surface area contributed by atoms with E-state index in [1.54, 1.807) is 0 Å². The molecule has 0 spiro atoms. The molecule has 1 heterocycles. The van der Waals surface area contributed by atoms with Crippen LogP contribution >= 0.6 is 0 Å². The fourth-order valence-electron chi connectivity index (χ4n) is 4.83. The Balaban J connectivity index is 2.05. The molecule has 2 atom stereocenters. The van der Waals surface area contributed by atoms with Crippen molar-refractivity contribution in [2.24, 2.45) is 0 Å². The van der Waals surface area contributed by atoms with Gasteiger partial charge in [0, 0.05) is 12.0 Å². The highest BCUT2D eigenvalue weighted by Crippen LogP contribution is 2.39. The van der Waals surface area contributed by atoms with Gasteiger partial charge in [0.05, 0.1) is 6.10 Å². The molecule has 1 aliphatic heterocycles. The van der Waals surface area contributed by atoms with Crippen LogP contribution in [0.4, 0.5) is 0 Å². The summed E-state index contributed by atoms with van der Waals surface area (Å²) in [5, 5.41) is 2.42. The molecule has 0 radical (unpaired) electrons. The van der Waals surface area contributed by atoms with Gasteiger partial charge in [-0.05, 0) is 47.7 Å². The molecule has 2 aromatic carbocycles. The quantitative estimate of drug-likeness (QED) is 0.179. The van der Waals surface area contributed by atoms with Crippen LogP contribution in [0.3, 0.4) is 0 Å². The Bertz CT molecular complexity index is 904. The standard InChI is InChI=1S/C29H38O3Si/c1-6-7-8-11-16-25(22-24-21-23(2)31-28(24)30)32-33(29(3,4)5,26-17-12-9-13-18-26)27-19-14-10-15-20-27/h6,9-10,12-15,17-21,23,25H,1,7-8,11,16,22H2,2-5H3. The minimum atomic E-state index is -2.69. The number of carbonyl (C=O) groups excluding carboxylic acids is 1. The summed E-state index contributed by atoms with van der Waals surface area (Å²) in [5.41, 5.74) is 0.745. The number of benzene rings is 2. The van der Waals surface area contributed by atoms with Crippen molar-refractivity contribution in [2.45, 2.75) is 77.0 Å². The average Bonchev–Trinajstić information content (AvgIpc) is 3.11. The van der Waals surface area contributed by atoms with E-state index in [0.29, 0.717) is 6.42 Å². The van der Waals surface area contributed by atoms with Gasteiger partial charge in [0.2, 0.25) is 0 Å². The summed E-state index contributed by atoms with van der Waals surface area (Å²) in [7, 11) is -2.69. The molecule has 2 aromatic rings. The molecule has 2 unspecified atom stereocenters. The van der Waals surface area contributed by atoms with Gasteiger partial charge in [-0.2, -0.15) is 0 Å². The second-order valence-corrected chi connectivity index (χ2v) is 14.2. The maximum atomic E-state index is 12.5. The van der Waals surface area contributed by atoms with Gasteiger partial charge in [-0.3, -0.25) is 0 Å². The Morgan fingerprint density at radius 2 is 1.61 bits per heavy atom. The molecule has 0 bridgehead atoms. The lowest BCUT2D eigenvalue weighted by Gasteiger charge is -2.45. The second kappa shape index (κ2) is 11.1. The fraction of sp³-hybridized carbons (Fsp3) is 0.414. The third-order valence-corrected chi connectivity index (χ3v) is 11.5. The van der Waals surface area contributed by atoms with Crippen LogP contribution in [0, 0.1) is 0 Å². The molecule has 0 N–H and O–H groups in total. The van der Waals surface area contributed by atoms with Crippen LogP contribution in [0.25, 0.3) is 0 Å². The van der Waals surface area contributed by atoms with Crippen molar-refractivity contribution in [3.63, 3.8) is 0 Å². The van der Waals surface area contributed by atoms with Gasteiger partial charge < -0.3 is 9.16 Å². The third kappa shape index (κ3) is 5.93. The summed E-state index contributed by atoms with van der Waals surface area (Å²) in [6.45, 7) is 12.6. The highest BCUT2D eigenvalue weighted by atomic mass is 28.4. The van der Waals surface area contributed by atoms with E-state index in [4.69, 9.17) is 9.16 Å². The van der Waals surface area contributed by atoms with Crippen LogP contribution in [-0.4, -0.2) is 26.5 Å². The molecule has 0 saturated heterocycles. The highest BCUT2D eigenvalue weighted by Gasteiger charge is 2.51. The largest absolute Gasteiger partial charge is 0.455 e. The molecule has 33 heavy (non-hydrogen) atoms. The number of unbranched alkanes of at least 4 members (excludes halogenated alkanes) is 2. The summed E-state index contributed by atoms with van der Waals surface area (Å²) in [5.74, 6) is -0.204. The lowest BCUT2D eigenvalue weighted by atomic mass is 10.0. The van der Waals surface area contributed by atoms with Gasteiger partial charge in [-0.25, -0.2) is 4.79 Å². The second-order valence-electron chi connectivity index (χ2n) is 9.98. The van der Waals surface area contributed by atoms with Gasteiger partial charge in [-0.1, -0.05) is 93.9 Å². The van der Waals surface area contributed by atoms with Crippen molar-refractivity contribution in [2.75, 3.05) is 0 Å². The van der Waals surface area contributed by atoms with Gasteiger partial charge in [0.25, 0.3) is 8.32 Å². The van der Waals surface area contributed by atoms with Crippen molar-refractivity contribution < 1.29 is 14.0 Å². The number of ether oxygens (including phenoxy) is 1. The fourth-order valence-corrected chi connectivity index (χ4v) is 9.55. The zero-order valence-electron chi connectivity index (χ0n) is 20.6. The predicted molar refractivity (Wildman–Crippen MR) is 139 cm³/mol. The first-order valence-corrected chi connectivity index (χ1v) is 14.0. The first-order chi connectivity index (χ1) is 15.8. The Morgan fingerprint density at radius 1 is 1.03 bits per heavy atom. The maximum absolute atomic E-state index is 12.5. The monoisotopic (exact) mass is 462 g/mol. The SMILES string of the molecule is C=CCCCCC(CC1=CC(C)OC1=O)O[Si](c1ccccc1)(c1ccccc1)C(C)(C)C. The van der Waals surface area contributed by atoms with E-state index in [0.717, 1.165) is 31.3 Å². The van der Waals surface area contributed by atoms with Crippen molar-refractivity contribution in [1.29, 1.82) is 0 Å². The number of allylic oxidation sites excluding steroid dienone is 1. The van der Waals surface area contributed by atoms with Crippen LogP contribution in [0.15, 0.2) is 85.0 Å². The van der Waals surface area contributed by atoms with Crippen LogP contribution in [0.2, 0.25) is 5.04 Å². The van der Waals surface area contributed by atoms with E-state index in [-0.39, 0.29) is 23.2 Å². The van der Waals surface area contributed by atoms with Gasteiger partial charge in [0.15, 0.2) is 0 Å². The molecule has 0 aliphatic carbocycles. The van der Waals surface area contributed by atoms with E-state index >= 15 is 0 Å². The zero-order valence-corrected chi connectivity index (χ0v) is 21.6. The van der Waals surface area contributed by atoms with Crippen molar-refractivity contribution in [1.82, 2.24) is 0 Å². The minimum absolute atomic E-state index is 0.0646. The van der Waals surface area contributed by atoms with Crippen molar-refractivity contribution in [3.8, 4) is 0 Å². The van der Waals surface area contributed by atoms with Crippen LogP contribution < -0.4 is 10.4 Å². The maximum Gasteiger partial charge on any atom is 0.334 e. The number of cyclic esters (lactones) is 1. The molecule has 176 valence electrons. The summed E-state index contributed by atoms with van der Waals surface area (Å²) in [6, 6.07) is 21.4. The average molecular weight is 463 g/mol. The predicted octanol–water partition coefficient (Wildman–Crippen LogP) is 5.94. The Morgan fingerprint density at radius 3 is 2.06 bits per heavy atom. The van der Waals surface area contributed by atoms with Crippen molar-refractivity contribution >= 4 is 24.7 Å². The van der Waals surface area contributed by atoms with Gasteiger partial charge in [-0.15, -0.1) is 6.58 Å². The van der Waals surface area contributed by atoms with Crippen LogP contribution in [-0.2, 0) is 14.0 Å². The zero-order chi connectivity index (χ0) is 23.9. The number of hydrogen-bond donors (Lipinski definition) is 0. The van der Waals surface area contributed by atoms with Gasteiger partial charge >= 0.3 is 5.97 Å². The van der Waals surface area contributed by atoms with E-state index in [9.17, 15) is 4.79 Å². The molecular weight excluding hydrogens is 424 g/mol. The Kier molecular flexibility index (Phi) is 8.50. The normalized spacial score (nSPS) is 17.4. The Hall–Kier alpha value is -2.43. The molecule has 0 aromatic heterocycles. The lowest BCUT2D eigenvalue weighted by Crippen LogP contribution is -2.67. The molecule has 3 rings (SSSR count). The molecule has 0 fully saturated rings. The minimum Gasteiger partial charge on any atom is -0.455 e. The van der Waals surface area contributed by atoms with E-state index in [1.165, 1.54) is 10.4 Å². The number of carbonyl (C=O) groups is 1. The van der Waals surface area contributed by atoms with E-state index in [2.05, 4.69) is 88.0 Å². The molecule has 0 amide bonds. The topological polar surface area (TPSA) is 35.5 Å². The molecule has 1 aliphatic rings. The number of hydrogen-bond acceptors (Lipinski definition) is 3. The lowest BCUT2D eigenvalue weighted by molar-refractivity contribution is -0.139.